The number of amides is 1. The predicted molar refractivity (Wildman–Crippen MR) is 115 cm³/mol. The molecule has 0 aliphatic heterocycles. The summed E-state index contributed by atoms with van der Waals surface area (Å²) in [6, 6.07) is 17.0. The average molecular weight is 424 g/mol. The van der Waals surface area contributed by atoms with Crippen molar-refractivity contribution in [3.8, 4) is 0 Å². The molecule has 3 aromatic carbocycles. The average Bonchev–Trinajstić information content (AvgIpc) is 2.68. The maximum atomic E-state index is 12.9. The zero-order valence-corrected chi connectivity index (χ0v) is 17.2. The molecule has 0 saturated heterocycles. The van der Waals surface area contributed by atoms with Crippen molar-refractivity contribution in [3.05, 3.63) is 89.0 Å². The van der Waals surface area contributed by atoms with Gasteiger partial charge < -0.3 is 10.4 Å². The monoisotopic (exact) mass is 424 g/mol. The molecule has 3 N–H and O–H groups in total. The van der Waals surface area contributed by atoms with Crippen LogP contribution in [0, 0.1) is 13.8 Å². The second kappa shape index (κ2) is 8.38. The van der Waals surface area contributed by atoms with Gasteiger partial charge in [0.1, 0.15) is 0 Å². The molecule has 0 aliphatic rings. The largest absolute Gasteiger partial charge is 0.478 e. The van der Waals surface area contributed by atoms with Crippen LogP contribution in [0.25, 0.3) is 0 Å². The molecule has 0 unspecified atom stereocenters. The number of carbonyl (C=O) groups is 2. The SMILES string of the molecule is Cc1cccc(NS(=O)(=O)c2cc(C(=O)Nc3ccc(C(=O)O)cc3)ccc2C)c1. The standard InChI is InChI=1S/C22H20N2O5S/c1-14-4-3-5-19(12-14)24-30(28,29)20-13-17(7-6-15(20)2)21(25)23-18-10-8-16(9-11-18)22(26)27/h3-13,24H,1-2H3,(H,23,25)(H,26,27). The van der Waals surface area contributed by atoms with Gasteiger partial charge in [0.2, 0.25) is 0 Å². The molecule has 3 aromatic rings. The lowest BCUT2D eigenvalue weighted by Gasteiger charge is -2.13. The number of carboxylic acid groups (broad SMARTS) is 1. The summed E-state index contributed by atoms with van der Waals surface area (Å²) in [5.74, 6) is -1.58. The Morgan fingerprint density at radius 1 is 0.833 bits per heavy atom. The second-order valence-electron chi connectivity index (χ2n) is 6.79. The Bertz CT molecular complexity index is 1220. The zero-order chi connectivity index (χ0) is 21.9. The molecule has 0 heterocycles. The number of sulfonamides is 1. The van der Waals surface area contributed by atoms with Crippen molar-refractivity contribution in [3.63, 3.8) is 0 Å². The van der Waals surface area contributed by atoms with E-state index in [1.54, 1.807) is 31.2 Å². The maximum absolute atomic E-state index is 12.9. The van der Waals surface area contributed by atoms with Crippen molar-refractivity contribution in [2.45, 2.75) is 18.7 Å². The van der Waals surface area contributed by atoms with Gasteiger partial charge in [-0.15, -0.1) is 0 Å². The van der Waals surface area contributed by atoms with E-state index >= 15 is 0 Å². The maximum Gasteiger partial charge on any atom is 0.335 e. The van der Waals surface area contributed by atoms with Crippen LogP contribution in [0.5, 0.6) is 0 Å². The van der Waals surface area contributed by atoms with Crippen molar-refractivity contribution in [2.24, 2.45) is 0 Å². The molecule has 1 amide bonds. The summed E-state index contributed by atoms with van der Waals surface area (Å²) in [5.41, 5.74) is 2.49. The summed E-state index contributed by atoms with van der Waals surface area (Å²) in [6.45, 7) is 3.51. The molecule has 3 rings (SSSR count). The highest BCUT2D eigenvalue weighted by molar-refractivity contribution is 7.92. The molecule has 154 valence electrons. The van der Waals surface area contributed by atoms with E-state index < -0.39 is 21.9 Å². The molecule has 0 spiro atoms. The van der Waals surface area contributed by atoms with Gasteiger partial charge in [0.15, 0.2) is 0 Å². The predicted octanol–water partition coefficient (Wildman–Crippen LogP) is 4.05. The number of hydrogen-bond acceptors (Lipinski definition) is 4. The van der Waals surface area contributed by atoms with Gasteiger partial charge >= 0.3 is 5.97 Å². The van der Waals surface area contributed by atoms with Crippen LogP contribution >= 0.6 is 0 Å². The summed E-state index contributed by atoms with van der Waals surface area (Å²) < 4.78 is 28.3. The van der Waals surface area contributed by atoms with Crippen molar-refractivity contribution in [2.75, 3.05) is 10.0 Å². The first-order valence-corrected chi connectivity index (χ1v) is 10.5. The minimum atomic E-state index is -3.90. The van der Waals surface area contributed by atoms with Gasteiger partial charge in [-0.25, -0.2) is 13.2 Å². The van der Waals surface area contributed by atoms with Crippen molar-refractivity contribution < 1.29 is 23.1 Å². The van der Waals surface area contributed by atoms with Gasteiger partial charge in [-0.3, -0.25) is 9.52 Å². The molecule has 0 aromatic heterocycles. The Hall–Kier alpha value is -3.65. The Kier molecular flexibility index (Phi) is 5.89. The van der Waals surface area contributed by atoms with Crippen LogP contribution < -0.4 is 10.0 Å². The van der Waals surface area contributed by atoms with Crippen LogP contribution in [0.3, 0.4) is 0 Å². The van der Waals surface area contributed by atoms with E-state index in [9.17, 15) is 18.0 Å². The van der Waals surface area contributed by atoms with Gasteiger partial charge in [0, 0.05) is 16.9 Å². The summed E-state index contributed by atoms with van der Waals surface area (Å²) in [7, 11) is -3.90. The van der Waals surface area contributed by atoms with E-state index in [1.165, 1.54) is 36.4 Å². The lowest BCUT2D eigenvalue weighted by atomic mass is 10.1. The minimum absolute atomic E-state index is 0.00196. The van der Waals surface area contributed by atoms with E-state index in [0.29, 0.717) is 16.9 Å². The van der Waals surface area contributed by atoms with Crippen LogP contribution in [0.4, 0.5) is 11.4 Å². The Morgan fingerprint density at radius 3 is 2.13 bits per heavy atom. The van der Waals surface area contributed by atoms with Gasteiger partial charge in [0.05, 0.1) is 10.5 Å². The number of hydrogen-bond donors (Lipinski definition) is 3. The Balaban J connectivity index is 1.85. The summed E-state index contributed by atoms with van der Waals surface area (Å²) in [4.78, 5) is 23.5. The van der Waals surface area contributed by atoms with Gasteiger partial charge in [0.25, 0.3) is 15.9 Å². The number of carboxylic acids is 1. The molecule has 7 nitrogen and oxygen atoms in total. The lowest BCUT2D eigenvalue weighted by Crippen LogP contribution is -2.17. The minimum Gasteiger partial charge on any atom is -0.478 e. The van der Waals surface area contributed by atoms with Crippen molar-refractivity contribution in [1.82, 2.24) is 0 Å². The summed E-state index contributed by atoms with van der Waals surface area (Å²) in [6.07, 6.45) is 0. The highest BCUT2D eigenvalue weighted by Gasteiger charge is 2.19. The van der Waals surface area contributed by atoms with E-state index in [2.05, 4.69) is 10.0 Å². The van der Waals surface area contributed by atoms with Crippen molar-refractivity contribution in [1.29, 1.82) is 0 Å². The Labute approximate surface area is 174 Å². The first-order valence-electron chi connectivity index (χ1n) is 9.00. The molecule has 0 fully saturated rings. The number of carbonyl (C=O) groups excluding carboxylic acids is 1. The van der Waals surface area contributed by atoms with E-state index in [4.69, 9.17) is 5.11 Å². The molecule has 8 heteroatoms. The first kappa shape index (κ1) is 21.1. The number of anilines is 2. The molecule has 0 aliphatic carbocycles. The summed E-state index contributed by atoms with van der Waals surface area (Å²) >= 11 is 0. The Morgan fingerprint density at radius 2 is 1.50 bits per heavy atom. The quantitative estimate of drug-likeness (QED) is 0.552. The van der Waals surface area contributed by atoms with Crippen LogP contribution in [-0.4, -0.2) is 25.4 Å². The van der Waals surface area contributed by atoms with Crippen LogP contribution in [0.2, 0.25) is 0 Å². The fourth-order valence-electron chi connectivity index (χ4n) is 2.85. The first-order chi connectivity index (χ1) is 14.2. The molecule has 0 bridgehead atoms. The molecule has 0 radical (unpaired) electrons. The van der Waals surface area contributed by atoms with Crippen LogP contribution in [-0.2, 0) is 10.0 Å². The third-order valence-electron chi connectivity index (χ3n) is 4.40. The van der Waals surface area contributed by atoms with E-state index in [-0.39, 0.29) is 16.0 Å². The number of nitrogens with one attached hydrogen (secondary N) is 2. The van der Waals surface area contributed by atoms with Crippen molar-refractivity contribution >= 4 is 33.3 Å². The second-order valence-corrected chi connectivity index (χ2v) is 8.44. The fourth-order valence-corrected chi connectivity index (χ4v) is 4.17. The van der Waals surface area contributed by atoms with Gasteiger partial charge in [-0.1, -0.05) is 18.2 Å². The molecular formula is C22H20N2O5S. The third kappa shape index (κ3) is 4.84. The number of rotatable bonds is 6. The molecule has 0 saturated carbocycles. The fraction of sp³-hybridized carbons (Fsp3) is 0.0909. The number of aromatic carboxylic acids is 1. The normalized spacial score (nSPS) is 11.0. The zero-order valence-electron chi connectivity index (χ0n) is 16.3. The van der Waals surface area contributed by atoms with E-state index in [0.717, 1.165) is 5.56 Å². The molecular weight excluding hydrogens is 404 g/mol. The third-order valence-corrected chi connectivity index (χ3v) is 5.92. The highest BCUT2D eigenvalue weighted by Crippen LogP contribution is 2.22. The van der Waals surface area contributed by atoms with Gasteiger partial charge in [-0.05, 0) is 73.5 Å². The summed E-state index contributed by atoms with van der Waals surface area (Å²) in [5, 5.41) is 11.6. The lowest BCUT2D eigenvalue weighted by molar-refractivity contribution is 0.0696. The van der Waals surface area contributed by atoms with Gasteiger partial charge in [-0.2, -0.15) is 0 Å². The topological polar surface area (TPSA) is 113 Å². The van der Waals surface area contributed by atoms with Crippen LogP contribution in [0.15, 0.2) is 71.6 Å². The molecule has 0 atom stereocenters. The smallest absolute Gasteiger partial charge is 0.335 e. The van der Waals surface area contributed by atoms with E-state index in [1.807, 2.05) is 13.0 Å². The number of benzene rings is 3. The van der Waals surface area contributed by atoms with Crippen LogP contribution in [0.1, 0.15) is 31.8 Å². The highest BCUT2D eigenvalue weighted by atomic mass is 32.2. The molecule has 30 heavy (non-hydrogen) atoms. The number of aryl methyl sites for hydroxylation is 2.